The maximum absolute atomic E-state index is 11.6. The highest BCUT2D eigenvalue weighted by atomic mass is 16.5. The van der Waals surface area contributed by atoms with E-state index < -0.39 is 5.60 Å². The largest absolute Gasteiger partial charge is 0.385 e. The van der Waals surface area contributed by atoms with Crippen molar-refractivity contribution >= 4 is 0 Å². The van der Waals surface area contributed by atoms with Crippen LogP contribution in [0.4, 0.5) is 0 Å². The summed E-state index contributed by atoms with van der Waals surface area (Å²) in [6.45, 7) is 5.57. The van der Waals surface area contributed by atoms with Crippen LogP contribution < -0.4 is 0 Å². The van der Waals surface area contributed by atoms with Crippen LogP contribution in [0, 0.1) is 18.8 Å². The first-order valence-corrected chi connectivity index (χ1v) is 10.4. The van der Waals surface area contributed by atoms with Crippen molar-refractivity contribution in [3.05, 3.63) is 59.2 Å². The van der Waals surface area contributed by atoms with Crippen LogP contribution in [0.1, 0.15) is 41.8 Å². The Hall–Kier alpha value is -1.82. The lowest BCUT2D eigenvalue weighted by molar-refractivity contribution is -0.0648. The predicted octanol–water partition coefficient (Wildman–Crippen LogP) is 3.09. The van der Waals surface area contributed by atoms with E-state index in [4.69, 9.17) is 4.74 Å². The predicted molar refractivity (Wildman–Crippen MR) is 109 cm³/mol. The minimum Gasteiger partial charge on any atom is -0.385 e. The third-order valence-electron chi connectivity index (χ3n) is 6.51. The monoisotopic (exact) mass is 381 g/mol. The van der Waals surface area contributed by atoms with Gasteiger partial charge in [-0.25, -0.2) is 9.97 Å². The summed E-state index contributed by atoms with van der Waals surface area (Å²) in [6.07, 6.45) is 7.79. The van der Waals surface area contributed by atoms with Crippen molar-refractivity contribution in [3.63, 3.8) is 0 Å². The normalized spacial score (nSPS) is 27.7. The van der Waals surface area contributed by atoms with Crippen molar-refractivity contribution in [1.82, 2.24) is 14.9 Å². The second kappa shape index (κ2) is 8.27. The Morgan fingerprint density at radius 3 is 2.64 bits per heavy atom. The number of likely N-dealkylation sites (tertiary alicyclic amines) is 1. The average molecular weight is 382 g/mol. The van der Waals surface area contributed by atoms with Crippen molar-refractivity contribution in [2.75, 3.05) is 26.8 Å². The van der Waals surface area contributed by atoms with E-state index in [0.717, 1.165) is 55.8 Å². The molecule has 2 aromatic rings. The fourth-order valence-corrected chi connectivity index (χ4v) is 4.99. The molecule has 1 saturated carbocycles. The number of aromatic nitrogens is 2. The highest BCUT2D eigenvalue weighted by Crippen LogP contribution is 2.48. The third kappa shape index (κ3) is 3.97. The lowest BCUT2D eigenvalue weighted by atomic mass is 9.67. The van der Waals surface area contributed by atoms with E-state index in [1.807, 2.05) is 12.4 Å². The number of methoxy groups -OCH3 is 1. The summed E-state index contributed by atoms with van der Waals surface area (Å²) in [6, 6.07) is 8.47. The Labute approximate surface area is 167 Å². The van der Waals surface area contributed by atoms with Gasteiger partial charge in [0.2, 0.25) is 0 Å². The molecule has 1 aliphatic carbocycles. The van der Waals surface area contributed by atoms with Crippen LogP contribution in [-0.2, 0) is 23.3 Å². The molecule has 1 N–H and O–H groups in total. The second-order valence-corrected chi connectivity index (χ2v) is 8.49. The van der Waals surface area contributed by atoms with Gasteiger partial charge in [0.15, 0.2) is 0 Å². The van der Waals surface area contributed by atoms with E-state index in [1.54, 1.807) is 7.11 Å². The Bertz CT molecular complexity index is 777. The van der Waals surface area contributed by atoms with Gasteiger partial charge < -0.3 is 9.84 Å². The van der Waals surface area contributed by atoms with Gasteiger partial charge in [0.05, 0.1) is 12.2 Å². The summed E-state index contributed by atoms with van der Waals surface area (Å²) in [5.74, 6) is 1.68. The Balaban J connectivity index is 1.44. The number of fused-ring (bicyclic) bond motifs is 1. The maximum atomic E-state index is 11.6. The van der Waals surface area contributed by atoms with Gasteiger partial charge in [0.25, 0.3) is 0 Å². The Morgan fingerprint density at radius 2 is 1.93 bits per heavy atom. The van der Waals surface area contributed by atoms with Crippen LogP contribution in [0.2, 0.25) is 0 Å². The van der Waals surface area contributed by atoms with Gasteiger partial charge >= 0.3 is 0 Å². The van der Waals surface area contributed by atoms with Gasteiger partial charge in [-0.15, -0.1) is 0 Å². The molecule has 0 radical (unpaired) electrons. The smallest absolute Gasteiger partial charge is 0.130 e. The molecule has 3 atom stereocenters. The van der Waals surface area contributed by atoms with Gasteiger partial charge in [-0.3, -0.25) is 4.90 Å². The minimum atomic E-state index is -0.703. The zero-order valence-corrected chi connectivity index (χ0v) is 17.0. The molecule has 2 fully saturated rings. The molecule has 0 unspecified atom stereocenters. The van der Waals surface area contributed by atoms with Gasteiger partial charge in [0.1, 0.15) is 5.82 Å². The summed E-state index contributed by atoms with van der Waals surface area (Å²) in [4.78, 5) is 11.4. The molecule has 5 heteroatoms. The number of hydrogen-bond donors (Lipinski definition) is 1. The van der Waals surface area contributed by atoms with E-state index >= 15 is 0 Å². The van der Waals surface area contributed by atoms with Crippen LogP contribution in [0.25, 0.3) is 0 Å². The van der Waals surface area contributed by atoms with Crippen molar-refractivity contribution < 1.29 is 9.84 Å². The maximum Gasteiger partial charge on any atom is 0.130 e. The molecule has 1 aromatic heterocycles. The van der Waals surface area contributed by atoms with Gasteiger partial charge in [-0.05, 0) is 37.7 Å². The topological polar surface area (TPSA) is 58.5 Å². The lowest BCUT2D eigenvalue weighted by Gasteiger charge is -2.41. The molecule has 28 heavy (non-hydrogen) atoms. The van der Waals surface area contributed by atoms with Crippen molar-refractivity contribution in [2.45, 2.75) is 44.8 Å². The number of aliphatic hydroxyl groups is 1. The van der Waals surface area contributed by atoms with Crippen LogP contribution in [0.3, 0.4) is 0 Å². The molecule has 0 spiro atoms. The van der Waals surface area contributed by atoms with E-state index in [1.165, 1.54) is 12.0 Å². The SMILES string of the molecule is COCCc1ncc(CN2C[C@@H]3CCC[C@@](O)(c4ccc(C)cc4)[C@H]3C2)cn1. The highest BCUT2D eigenvalue weighted by Gasteiger charge is 2.49. The molecule has 0 bridgehead atoms. The zero-order chi connectivity index (χ0) is 19.6. The van der Waals surface area contributed by atoms with Gasteiger partial charge in [-0.2, -0.15) is 0 Å². The summed E-state index contributed by atoms with van der Waals surface area (Å²) < 4.78 is 5.09. The molecule has 2 heterocycles. The summed E-state index contributed by atoms with van der Waals surface area (Å²) >= 11 is 0. The molecular formula is C23H31N3O2. The number of benzene rings is 1. The van der Waals surface area contributed by atoms with Gasteiger partial charge in [0, 0.05) is 57.0 Å². The van der Waals surface area contributed by atoms with E-state index in [0.29, 0.717) is 18.4 Å². The van der Waals surface area contributed by atoms with Crippen molar-refractivity contribution in [1.29, 1.82) is 0 Å². The number of rotatable bonds is 6. The van der Waals surface area contributed by atoms with Crippen LogP contribution in [0.15, 0.2) is 36.7 Å². The summed E-state index contributed by atoms with van der Waals surface area (Å²) in [5, 5.41) is 11.6. The molecule has 1 saturated heterocycles. The number of aryl methyl sites for hydroxylation is 1. The summed E-state index contributed by atoms with van der Waals surface area (Å²) in [7, 11) is 1.69. The molecule has 4 rings (SSSR count). The summed E-state index contributed by atoms with van der Waals surface area (Å²) in [5.41, 5.74) is 2.76. The van der Waals surface area contributed by atoms with E-state index in [2.05, 4.69) is 46.1 Å². The molecule has 2 aliphatic rings. The third-order valence-corrected chi connectivity index (χ3v) is 6.51. The quantitative estimate of drug-likeness (QED) is 0.833. The fourth-order valence-electron chi connectivity index (χ4n) is 4.99. The Kier molecular flexibility index (Phi) is 5.76. The fraction of sp³-hybridized carbons (Fsp3) is 0.565. The van der Waals surface area contributed by atoms with E-state index in [9.17, 15) is 5.11 Å². The molecular weight excluding hydrogens is 350 g/mol. The second-order valence-electron chi connectivity index (χ2n) is 8.49. The molecule has 5 nitrogen and oxygen atoms in total. The number of hydrogen-bond acceptors (Lipinski definition) is 5. The first kappa shape index (κ1) is 19.5. The molecule has 1 aromatic carbocycles. The molecule has 150 valence electrons. The standard InChI is InChI=1S/C23H31N3O2/c1-17-5-7-20(8-6-17)23(27)10-3-4-19-15-26(16-21(19)23)14-18-12-24-22(25-13-18)9-11-28-2/h5-8,12-13,19,21,27H,3-4,9-11,14-16H2,1-2H3/t19-,21-,23+/m0/s1. The first-order chi connectivity index (χ1) is 13.6. The lowest BCUT2D eigenvalue weighted by Crippen LogP contribution is -2.42. The van der Waals surface area contributed by atoms with E-state index in [-0.39, 0.29) is 0 Å². The number of ether oxygens (including phenoxy) is 1. The van der Waals surface area contributed by atoms with Crippen LogP contribution in [-0.4, -0.2) is 46.8 Å². The minimum absolute atomic E-state index is 0.297. The first-order valence-electron chi connectivity index (χ1n) is 10.4. The average Bonchev–Trinajstić information content (AvgIpc) is 3.12. The van der Waals surface area contributed by atoms with Crippen LogP contribution >= 0.6 is 0 Å². The Morgan fingerprint density at radius 1 is 1.18 bits per heavy atom. The van der Waals surface area contributed by atoms with Crippen LogP contribution in [0.5, 0.6) is 0 Å². The molecule has 1 aliphatic heterocycles. The van der Waals surface area contributed by atoms with Crippen molar-refractivity contribution in [3.8, 4) is 0 Å². The molecule has 0 amide bonds. The van der Waals surface area contributed by atoms with Gasteiger partial charge in [-0.1, -0.05) is 29.8 Å². The van der Waals surface area contributed by atoms with Crippen molar-refractivity contribution in [2.24, 2.45) is 11.8 Å². The zero-order valence-electron chi connectivity index (χ0n) is 17.0. The highest BCUT2D eigenvalue weighted by molar-refractivity contribution is 5.28. The number of nitrogens with zero attached hydrogens (tertiary/aromatic N) is 3.